The molecule has 0 radical (unpaired) electrons. The zero-order chi connectivity index (χ0) is 25.2. The molecule has 1 unspecified atom stereocenters. The van der Waals surface area contributed by atoms with Crippen LogP contribution in [0.25, 0.3) is 11.4 Å². The number of ether oxygens (including phenoxy) is 2. The fourth-order valence-electron chi connectivity index (χ4n) is 4.77. The second kappa shape index (κ2) is 9.68. The molecule has 2 aliphatic heterocycles. The number of hydrogen-bond donors (Lipinski definition) is 0. The van der Waals surface area contributed by atoms with E-state index in [-0.39, 0.29) is 17.5 Å². The van der Waals surface area contributed by atoms with Gasteiger partial charge in [0.25, 0.3) is 0 Å². The standard InChI is InChI=1S/C27H25N5O4/c1-18(16-28)27(31-11-7-19-5-6-20(13-24(19)31)30-9-3-4-10-30)22-14-25(32(33)34)26(15-23(22)29-2)36-21-8-12-35-17-21/h3-6,9-10,13-15,21H,2,7-8,11-12,17H2,1H3/b27-18-. The Balaban J connectivity index is 1.63. The zero-order valence-electron chi connectivity index (χ0n) is 19.9. The normalized spacial score (nSPS) is 17.3. The van der Waals surface area contributed by atoms with Gasteiger partial charge < -0.3 is 18.9 Å². The van der Waals surface area contributed by atoms with Crippen molar-refractivity contribution >= 4 is 29.5 Å². The summed E-state index contributed by atoms with van der Waals surface area (Å²) in [5.74, 6) is 0.118. The molecule has 5 rings (SSSR count). The van der Waals surface area contributed by atoms with Crippen molar-refractivity contribution in [1.82, 2.24) is 4.57 Å². The third-order valence-electron chi connectivity index (χ3n) is 6.54. The highest BCUT2D eigenvalue weighted by Crippen LogP contribution is 2.44. The molecule has 9 nitrogen and oxygen atoms in total. The number of aromatic nitrogens is 1. The number of nitrogens with zero attached hydrogens (tertiary/aromatic N) is 5. The number of rotatable bonds is 7. The number of aliphatic imine (C=N–C) groups is 1. The molecule has 9 heteroatoms. The number of hydrogen-bond acceptors (Lipinski definition) is 7. The molecule has 1 aromatic heterocycles. The number of nitro benzene ring substituents is 1. The topological polar surface area (TPSA) is 106 Å². The van der Waals surface area contributed by atoms with Crippen molar-refractivity contribution in [2.75, 3.05) is 24.7 Å². The van der Waals surface area contributed by atoms with Crippen LogP contribution in [0, 0.1) is 21.4 Å². The summed E-state index contributed by atoms with van der Waals surface area (Å²) in [7, 11) is 0. The van der Waals surface area contributed by atoms with Crippen LogP contribution >= 0.6 is 0 Å². The summed E-state index contributed by atoms with van der Waals surface area (Å²) in [6, 6.07) is 15.3. The number of anilines is 1. The van der Waals surface area contributed by atoms with Crippen LogP contribution < -0.4 is 9.64 Å². The van der Waals surface area contributed by atoms with E-state index >= 15 is 0 Å². The van der Waals surface area contributed by atoms with Crippen LogP contribution in [-0.2, 0) is 11.2 Å². The molecule has 1 fully saturated rings. The lowest BCUT2D eigenvalue weighted by molar-refractivity contribution is -0.386. The molecule has 0 bridgehead atoms. The average Bonchev–Trinajstić information content (AvgIpc) is 3.67. The Morgan fingerprint density at radius 3 is 2.78 bits per heavy atom. The zero-order valence-corrected chi connectivity index (χ0v) is 19.9. The number of benzene rings is 2. The summed E-state index contributed by atoms with van der Waals surface area (Å²) in [6.45, 7) is 6.96. The third-order valence-corrected chi connectivity index (χ3v) is 6.54. The summed E-state index contributed by atoms with van der Waals surface area (Å²) < 4.78 is 13.3. The smallest absolute Gasteiger partial charge is 0.311 e. The molecule has 2 aliphatic rings. The van der Waals surface area contributed by atoms with E-state index in [9.17, 15) is 15.4 Å². The molecule has 1 saturated heterocycles. The molecule has 0 saturated carbocycles. The monoisotopic (exact) mass is 483 g/mol. The molecule has 0 aliphatic carbocycles. The fraction of sp³-hybridized carbons (Fsp3) is 0.259. The fourth-order valence-corrected chi connectivity index (χ4v) is 4.77. The van der Waals surface area contributed by atoms with Gasteiger partial charge in [0.15, 0.2) is 5.75 Å². The van der Waals surface area contributed by atoms with E-state index in [1.54, 1.807) is 6.92 Å². The first-order chi connectivity index (χ1) is 17.5. The van der Waals surface area contributed by atoms with Gasteiger partial charge in [0.1, 0.15) is 6.10 Å². The van der Waals surface area contributed by atoms with E-state index in [0.29, 0.717) is 48.7 Å². The molecular formula is C27H25N5O4. The molecule has 0 N–H and O–H groups in total. The predicted octanol–water partition coefficient (Wildman–Crippen LogP) is 5.20. The van der Waals surface area contributed by atoms with Gasteiger partial charge in [0.2, 0.25) is 0 Å². The first-order valence-corrected chi connectivity index (χ1v) is 11.7. The van der Waals surface area contributed by atoms with E-state index in [0.717, 1.165) is 23.4 Å². The first-order valence-electron chi connectivity index (χ1n) is 11.7. The van der Waals surface area contributed by atoms with Crippen molar-refractivity contribution in [2.45, 2.75) is 25.9 Å². The van der Waals surface area contributed by atoms with Crippen LogP contribution in [0.3, 0.4) is 0 Å². The third kappa shape index (κ3) is 4.23. The van der Waals surface area contributed by atoms with Gasteiger partial charge >= 0.3 is 5.69 Å². The lowest BCUT2D eigenvalue weighted by Crippen LogP contribution is -2.21. The maximum Gasteiger partial charge on any atom is 0.311 e. The maximum absolute atomic E-state index is 12.1. The van der Waals surface area contributed by atoms with Crippen molar-refractivity contribution in [3.8, 4) is 17.5 Å². The van der Waals surface area contributed by atoms with Crippen LogP contribution in [0.15, 0.2) is 65.4 Å². The van der Waals surface area contributed by atoms with Crippen molar-refractivity contribution < 1.29 is 14.4 Å². The second-order valence-electron chi connectivity index (χ2n) is 8.75. The van der Waals surface area contributed by atoms with Crippen LogP contribution in [0.1, 0.15) is 24.5 Å². The summed E-state index contributed by atoms with van der Waals surface area (Å²) in [6.07, 6.45) is 5.11. The Kier molecular flexibility index (Phi) is 6.27. The van der Waals surface area contributed by atoms with E-state index in [4.69, 9.17) is 9.47 Å². The quantitative estimate of drug-likeness (QED) is 0.198. The lowest BCUT2D eigenvalue weighted by atomic mass is 10.0. The summed E-state index contributed by atoms with van der Waals surface area (Å²) in [4.78, 5) is 17.8. The Morgan fingerprint density at radius 1 is 1.31 bits per heavy atom. The Morgan fingerprint density at radius 2 is 2.11 bits per heavy atom. The highest BCUT2D eigenvalue weighted by Gasteiger charge is 2.30. The molecule has 1 atom stereocenters. The van der Waals surface area contributed by atoms with E-state index in [2.05, 4.69) is 36.0 Å². The Bertz CT molecular complexity index is 1400. The molecule has 36 heavy (non-hydrogen) atoms. The van der Waals surface area contributed by atoms with Gasteiger partial charge in [-0.25, -0.2) is 0 Å². The van der Waals surface area contributed by atoms with E-state index < -0.39 is 4.92 Å². The number of nitro groups is 1. The molecule has 3 aromatic rings. The number of fused-ring (bicyclic) bond motifs is 1. The highest BCUT2D eigenvalue weighted by atomic mass is 16.6. The van der Waals surface area contributed by atoms with Crippen LogP contribution in [0.5, 0.6) is 5.75 Å². The van der Waals surface area contributed by atoms with Crippen LogP contribution in [-0.4, -0.2) is 42.1 Å². The molecule has 3 heterocycles. The minimum atomic E-state index is -0.469. The molecule has 0 amide bonds. The summed E-state index contributed by atoms with van der Waals surface area (Å²) in [5, 5.41) is 22.0. The van der Waals surface area contributed by atoms with Gasteiger partial charge in [-0.1, -0.05) is 6.07 Å². The van der Waals surface area contributed by atoms with Gasteiger partial charge in [-0.15, -0.1) is 0 Å². The van der Waals surface area contributed by atoms with Gasteiger partial charge in [-0.3, -0.25) is 15.1 Å². The minimum Gasteiger partial charge on any atom is -0.481 e. The predicted molar refractivity (Wildman–Crippen MR) is 137 cm³/mol. The van der Waals surface area contributed by atoms with Crippen molar-refractivity contribution in [2.24, 2.45) is 4.99 Å². The highest BCUT2D eigenvalue weighted by molar-refractivity contribution is 5.91. The molecular weight excluding hydrogens is 458 g/mol. The molecule has 2 aromatic carbocycles. The largest absolute Gasteiger partial charge is 0.481 e. The Labute approximate surface area is 208 Å². The van der Waals surface area contributed by atoms with Crippen LogP contribution in [0.2, 0.25) is 0 Å². The maximum atomic E-state index is 12.1. The summed E-state index contributed by atoms with van der Waals surface area (Å²) >= 11 is 0. The first kappa shape index (κ1) is 23.3. The molecule has 0 spiro atoms. The van der Waals surface area contributed by atoms with E-state index in [1.807, 2.05) is 34.0 Å². The number of allylic oxidation sites excluding steroid dienone is 1. The van der Waals surface area contributed by atoms with Crippen LogP contribution in [0.4, 0.5) is 17.1 Å². The average molecular weight is 484 g/mol. The molecule has 182 valence electrons. The Hall–Kier alpha value is -4.42. The SMILES string of the molecule is C=Nc1cc(OC2CCOC2)c([N+](=O)[O-])cc1/C(=C(\C)C#N)N1CCc2ccc(-n3cccc3)cc21. The van der Waals surface area contributed by atoms with Gasteiger partial charge in [0, 0.05) is 54.4 Å². The lowest BCUT2D eigenvalue weighted by Gasteiger charge is -2.26. The summed E-state index contributed by atoms with van der Waals surface area (Å²) in [5.41, 5.74) is 4.75. The van der Waals surface area contributed by atoms with Gasteiger partial charge in [0.05, 0.1) is 41.2 Å². The van der Waals surface area contributed by atoms with Crippen molar-refractivity contribution in [1.29, 1.82) is 5.26 Å². The van der Waals surface area contributed by atoms with Crippen molar-refractivity contribution in [3.05, 3.63) is 81.7 Å². The number of nitriles is 1. The van der Waals surface area contributed by atoms with Crippen molar-refractivity contribution in [3.63, 3.8) is 0 Å². The van der Waals surface area contributed by atoms with Gasteiger partial charge in [-0.2, -0.15) is 5.26 Å². The van der Waals surface area contributed by atoms with E-state index in [1.165, 1.54) is 12.1 Å². The second-order valence-corrected chi connectivity index (χ2v) is 8.75. The minimum absolute atomic E-state index is 0.118. The van der Waals surface area contributed by atoms with Gasteiger partial charge in [-0.05, 0) is 49.9 Å².